The fourth-order valence-corrected chi connectivity index (χ4v) is 2.07. The smallest absolute Gasteiger partial charge is 0.407 e. The minimum absolute atomic E-state index is 0.171. The van der Waals surface area contributed by atoms with Crippen LogP contribution in [0.15, 0.2) is 60.7 Å². The van der Waals surface area contributed by atoms with Gasteiger partial charge in [-0.3, -0.25) is 0 Å². The predicted molar refractivity (Wildman–Crippen MR) is 96.7 cm³/mol. The molecule has 26 heavy (non-hydrogen) atoms. The summed E-state index contributed by atoms with van der Waals surface area (Å²) >= 11 is 0. The molecule has 0 spiro atoms. The molecule has 0 saturated heterocycles. The molecule has 0 atom stereocenters. The molecule has 0 heterocycles. The number of carbonyl (C=O) groups excluding carboxylic acids is 1. The SMILES string of the molecule is O=C(O)/C=C/c1cc(C=CCNC(=O)OCc2ccccc2)ccc1F. The molecule has 1 amide bonds. The maximum Gasteiger partial charge on any atom is 0.407 e. The summed E-state index contributed by atoms with van der Waals surface area (Å²) < 4.78 is 18.7. The average Bonchev–Trinajstić information content (AvgIpc) is 2.64. The van der Waals surface area contributed by atoms with E-state index in [2.05, 4.69) is 5.32 Å². The van der Waals surface area contributed by atoms with Gasteiger partial charge in [0.15, 0.2) is 0 Å². The number of rotatable bonds is 7. The molecule has 5 nitrogen and oxygen atoms in total. The predicted octanol–water partition coefficient (Wildman–Crippen LogP) is 3.86. The van der Waals surface area contributed by atoms with Crippen molar-refractivity contribution in [1.29, 1.82) is 0 Å². The molecule has 2 N–H and O–H groups in total. The lowest BCUT2D eigenvalue weighted by atomic mass is 10.1. The normalized spacial score (nSPS) is 11.0. The van der Waals surface area contributed by atoms with Crippen molar-refractivity contribution in [2.24, 2.45) is 0 Å². The Hall–Kier alpha value is -3.41. The molecule has 0 radical (unpaired) electrons. The number of hydrogen-bond acceptors (Lipinski definition) is 3. The number of halogens is 1. The number of carboxylic acids is 1. The van der Waals surface area contributed by atoms with Crippen LogP contribution in [0.2, 0.25) is 0 Å². The van der Waals surface area contributed by atoms with Gasteiger partial charge in [0.2, 0.25) is 0 Å². The molecular formula is C20H18FNO4. The number of aliphatic carboxylic acids is 1. The highest BCUT2D eigenvalue weighted by Gasteiger charge is 2.01. The van der Waals surface area contributed by atoms with Gasteiger partial charge in [-0.25, -0.2) is 14.0 Å². The summed E-state index contributed by atoms with van der Waals surface area (Å²) in [6.07, 6.45) is 4.89. The van der Waals surface area contributed by atoms with Crippen molar-refractivity contribution in [2.45, 2.75) is 6.61 Å². The van der Waals surface area contributed by atoms with Gasteiger partial charge in [0.1, 0.15) is 12.4 Å². The number of carboxylic acid groups (broad SMARTS) is 1. The Labute approximate surface area is 150 Å². The first-order valence-corrected chi connectivity index (χ1v) is 7.86. The number of carbonyl (C=O) groups is 2. The van der Waals surface area contributed by atoms with Crippen molar-refractivity contribution in [3.63, 3.8) is 0 Å². The number of hydrogen-bond donors (Lipinski definition) is 2. The van der Waals surface area contributed by atoms with Crippen LogP contribution in [0.1, 0.15) is 16.7 Å². The summed E-state index contributed by atoms with van der Waals surface area (Å²) in [5, 5.41) is 11.2. The number of alkyl carbamates (subject to hydrolysis) is 1. The van der Waals surface area contributed by atoms with Crippen molar-refractivity contribution >= 4 is 24.2 Å². The van der Waals surface area contributed by atoms with Gasteiger partial charge in [0.25, 0.3) is 0 Å². The van der Waals surface area contributed by atoms with E-state index in [0.717, 1.165) is 11.6 Å². The van der Waals surface area contributed by atoms with E-state index >= 15 is 0 Å². The maximum absolute atomic E-state index is 13.6. The van der Waals surface area contributed by atoms with Crippen molar-refractivity contribution in [3.05, 3.63) is 83.2 Å². The Kier molecular flexibility index (Phi) is 7.12. The summed E-state index contributed by atoms with van der Waals surface area (Å²) in [5.41, 5.74) is 1.74. The molecule has 0 bridgehead atoms. The van der Waals surface area contributed by atoms with Crippen LogP contribution in [0.5, 0.6) is 0 Å². The number of benzene rings is 2. The van der Waals surface area contributed by atoms with Gasteiger partial charge in [-0.1, -0.05) is 48.6 Å². The molecule has 0 fully saturated rings. The standard InChI is InChI=1S/C20H18FNO4/c21-18-10-8-15(13-17(18)9-11-19(23)24)7-4-12-22-20(25)26-14-16-5-2-1-3-6-16/h1-11,13H,12,14H2,(H,22,25)(H,23,24)/b7-4?,11-9+. The molecule has 134 valence electrons. The van der Waals surface area contributed by atoms with E-state index in [-0.39, 0.29) is 18.7 Å². The highest BCUT2D eigenvalue weighted by molar-refractivity contribution is 5.85. The van der Waals surface area contributed by atoms with Crippen molar-refractivity contribution in [2.75, 3.05) is 6.54 Å². The van der Waals surface area contributed by atoms with E-state index in [1.54, 1.807) is 18.2 Å². The van der Waals surface area contributed by atoms with Crippen LogP contribution in [0.3, 0.4) is 0 Å². The van der Waals surface area contributed by atoms with Crippen molar-refractivity contribution in [3.8, 4) is 0 Å². The Balaban J connectivity index is 1.81. The largest absolute Gasteiger partial charge is 0.478 e. The third-order valence-electron chi connectivity index (χ3n) is 3.31. The summed E-state index contributed by atoms with van der Waals surface area (Å²) in [7, 11) is 0. The van der Waals surface area contributed by atoms with Crippen molar-refractivity contribution < 1.29 is 23.8 Å². The number of nitrogens with one attached hydrogen (secondary N) is 1. The van der Waals surface area contributed by atoms with Crippen molar-refractivity contribution in [1.82, 2.24) is 5.32 Å². The highest BCUT2D eigenvalue weighted by Crippen LogP contribution is 2.13. The van der Waals surface area contributed by atoms with Crippen LogP contribution in [0, 0.1) is 5.82 Å². The number of amides is 1. The molecule has 0 unspecified atom stereocenters. The Morgan fingerprint density at radius 2 is 1.88 bits per heavy atom. The zero-order valence-corrected chi connectivity index (χ0v) is 13.9. The van der Waals surface area contributed by atoms with E-state index < -0.39 is 17.9 Å². The summed E-state index contributed by atoms with van der Waals surface area (Å²) in [6, 6.07) is 13.6. The van der Waals surface area contributed by atoms with E-state index in [1.807, 2.05) is 30.3 Å². The Morgan fingerprint density at radius 3 is 2.62 bits per heavy atom. The average molecular weight is 355 g/mol. The van der Waals surface area contributed by atoms with Gasteiger partial charge >= 0.3 is 12.1 Å². The first-order chi connectivity index (χ1) is 12.5. The van der Waals surface area contributed by atoms with Gasteiger partial charge in [-0.15, -0.1) is 0 Å². The fraction of sp³-hybridized carbons (Fsp3) is 0.100. The van der Waals surface area contributed by atoms with E-state index in [9.17, 15) is 14.0 Å². The van der Waals surface area contributed by atoms with Crippen LogP contribution in [0.4, 0.5) is 9.18 Å². The topological polar surface area (TPSA) is 75.6 Å². The van der Waals surface area contributed by atoms with E-state index in [4.69, 9.17) is 9.84 Å². The van der Waals surface area contributed by atoms with E-state index in [0.29, 0.717) is 5.56 Å². The second kappa shape index (κ2) is 9.78. The summed E-state index contributed by atoms with van der Waals surface area (Å²) in [4.78, 5) is 22.1. The molecular weight excluding hydrogens is 337 g/mol. The van der Waals surface area contributed by atoms with Crippen LogP contribution in [0.25, 0.3) is 12.2 Å². The van der Waals surface area contributed by atoms with Crippen LogP contribution in [-0.4, -0.2) is 23.7 Å². The Morgan fingerprint density at radius 1 is 1.12 bits per heavy atom. The first kappa shape index (κ1) is 18.9. The molecule has 0 aliphatic carbocycles. The van der Waals surface area contributed by atoms with Gasteiger partial charge in [-0.05, 0) is 29.3 Å². The minimum atomic E-state index is -1.15. The monoisotopic (exact) mass is 355 g/mol. The lowest BCUT2D eigenvalue weighted by Crippen LogP contribution is -2.24. The van der Waals surface area contributed by atoms with Crippen LogP contribution < -0.4 is 5.32 Å². The molecule has 2 aromatic rings. The number of ether oxygens (including phenoxy) is 1. The van der Waals surface area contributed by atoms with E-state index in [1.165, 1.54) is 18.2 Å². The third-order valence-corrected chi connectivity index (χ3v) is 3.31. The van der Waals surface area contributed by atoms with Gasteiger partial charge < -0.3 is 15.2 Å². The molecule has 0 aromatic heterocycles. The fourth-order valence-electron chi connectivity index (χ4n) is 2.07. The minimum Gasteiger partial charge on any atom is -0.478 e. The summed E-state index contributed by atoms with van der Waals surface area (Å²) in [5.74, 6) is -1.66. The van der Waals surface area contributed by atoms with Gasteiger partial charge in [-0.2, -0.15) is 0 Å². The first-order valence-electron chi connectivity index (χ1n) is 7.86. The molecule has 2 rings (SSSR count). The van der Waals surface area contributed by atoms with Crippen LogP contribution >= 0.6 is 0 Å². The lowest BCUT2D eigenvalue weighted by Gasteiger charge is -2.05. The highest BCUT2D eigenvalue weighted by atomic mass is 19.1. The molecule has 0 aliphatic heterocycles. The lowest BCUT2D eigenvalue weighted by molar-refractivity contribution is -0.131. The molecule has 0 aliphatic rings. The second-order valence-electron chi connectivity index (χ2n) is 5.30. The summed E-state index contributed by atoms with van der Waals surface area (Å²) in [6.45, 7) is 0.429. The third kappa shape index (κ3) is 6.60. The maximum atomic E-state index is 13.6. The quantitative estimate of drug-likeness (QED) is 0.740. The zero-order valence-electron chi connectivity index (χ0n) is 13.9. The molecule has 6 heteroatoms. The Bertz CT molecular complexity index is 816. The zero-order chi connectivity index (χ0) is 18.8. The molecule has 2 aromatic carbocycles. The van der Waals surface area contributed by atoms with Crippen LogP contribution in [-0.2, 0) is 16.1 Å². The van der Waals surface area contributed by atoms with Gasteiger partial charge in [0, 0.05) is 18.2 Å². The second-order valence-corrected chi connectivity index (χ2v) is 5.30. The van der Waals surface area contributed by atoms with Gasteiger partial charge in [0.05, 0.1) is 0 Å². The molecule has 0 saturated carbocycles.